The third-order valence-corrected chi connectivity index (χ3v) is 2.00. The first-order valence-electron chi connectivity index (χ1n) is 4.90. The van der Waals surface area contributed by atoms with Crippen molar-refractivity contribution in [3.8, 4) is 0 Å². The van der Waals surface area contributed by atoms with Gasteiger partial charge in [-0.05, 0) is 31.7 Å². The first kappa shape index (κ1) is 11.9. The van der Waals surface area contributed by atoms with Crippen LogP contribution in [0.3, 0.4) is 0 Å². The van der Waals surface area contributed by atoms with E-state index in [1.165, 1.54) is 0 Å². The average Bonchev–Trinajstić information content (AvgIpc) is 2.16. The number of nitrogens with two attached hydrogens (primary N) is 1. The molecular weight excluding hydrogens is 192 g/mol. The molecular formula is C10H18N4O. The molecule has 1 heterocycles. The minimum absolute atomic E-state index is 0.316. The van der Waals surface area contributed by atoms with Crippen LogP contribution >= 0.6 is 0 Å². The number of anilines is 1. The van der Waals surface area contributed by atoms with E-state index in [2.05, 4.69) is 10.4 Å². The Hall–Kier alpha value is -1.17. The van der Waals surface area contributed by atoms with Gasteiger partial charge in [-0.2, -0.15) is 0 Å². The van der Waals surface area contributed by atoms with E-state index < -0.39 is 0 Å². The molecule has 0 saturated heterocycles. The standard InChI is InChI=1S/C10H18N4O/c1-8(15)6-14(2)7-9-3-4-12-10(5-9)13-11/h3-5,8,15H,6-7,11H2,1-2H3,(H,12,13). The minimum atomic E-state index is -0.316. The Morgan fingerprint density at radius 2 is 2.40 bits per heavy atom. The maximum absolute atomic E-state index is 9.22. The number of pyridine rings is 1. The maximum atomic E-state index is 9.22. The molecule has 0 spiro atoms. The number of hydrogen-bond donors (Lipinski definition) is 3. The number of nitrogens with one attached hydrogen (secondary N) is 1. The first-order valence-corrected chi connectivity index (χ1v) is 4.90. The van der Waals surface area contributed by atoms with Crippen molar-refractivity contribution in [2.75, 3.05) is 19.0 Å². The number of aliphatic hydroxyl groups is 1. The zero-order chi connectivity index (χ0) is 11.3. The fourth-order valence-corrected chi connectivity index (χ4v) is 1.48. The minimum Gasteiger partial charge on any atom is -0.392 e. The molecule has 0 aliphatic carbocycles. The van der Waals surface area contributed by atoms with Crippen LogP contribution in [0.4, 0.5) is 5.82 Å². The molecule has 0 aromatic carbocycles. The summed E-state index contributed by atoms with van der Waals surface area (Å²) in [5.74, 6) is 5.92. The van der Waals surface area contributed by atoms with Crippen LogP contribution in [0.15, 0.2) is 18.3 Å². The van der Waals surface area contributed by atoms with Crippen LogP contribution in [0, 0.1) is 0 Å². The van der Waals surface area contributed by atoms with Gasteiger partial charge < -0.3 is 10.5 Å². The SMILES string of the molecule is CC(O)CN(C)Cc1ccnc(NN)c1. The lowest BCUT2D eigenvalue weighted by Gasteiger charge is -2.18. The second kappa shape index (κ2) is 5.65. The van der Waals surface area contributed by atoms with Crippen LogP contribution in [-0.4, -0.2) is 34.7 Å². The number of likely N-dealkylation sites (N-methyl/N-ethyl adjacent to an activating group) is 1. The average molecular weight is 210 g/mol. The van der Waals surface area contributed by atoms with Gasteiger partial charge in [0.2, 0.25) is 0 Å². The molecule has 1 unspecified atom stereocenters. The molecule has 84 valence electrons. The van der Waals surface area contributed by atoms with Crippen molar-refractivity contribution >= 4 is 5.82 Å². The fraction of sp³-hybridized carbons (Fsp3) is 0.500. The van der Waals surface area contributed by atoms with Gasteiger partial charge in [0.05, 0.1) is 6.10 Å². The highest BCUT2D eigenvalue weighted by Gasteiger charge is 2.04. The van der Waals surface area contributed by atoms with Gasteiger partial charge in [0.25, 0.3) is 0 Å². The number of nitrogens with zero attached hydrogens (tertiary/aromatic N) is 2. The number of aliphatic hydroxyl groups excluding tert-OH is 1. The second-order valence-electron chi connectivity index (χ2n) is 3.74. The van der Waals surface area contributed by atoms with Crippen LogP contribution in [0.1, 0.15) is 12.5 Å². The van der Waals surface area contributed by atoms with Gasteiger partial charge >= 0.3 is 0 Å². The predicted octanol–water partition coefficient (Wildman–Crippen LogP) is 0.180. The first-order chi connectivity index (χ1) is 7.11. The van der Waals surface area contributed by atoms with Crippen LogP contribution in [-0.2, 0) is 6.54 Å². The van der Waals surface area contributed by atoms with Gasteiger partial charge in [-0.25, -0.2) is 10.8 Å². The lowest BCUT2D eigenvalue weighted by Crippen LogP contribution is -2.26. The van der Waals surface area contributed by atoms with Crippen LogP contribution in [0.25, 0.3) is 0 Å². The Kier molecular flexibility index (Phi) is 4.48. The molecule has 0 fully saturated rings. The quantitative estimate of drug-likeness (QED) is 0.477. The topological polar surface area (TPSA) is 74.4 Å². The Balaban J connectivity index is 2.55. The molecule has 0 saturated carbocycles. The monoisotopic (exact) mass is 210 g/mol. The van der Waals surface area contributed by atoms with Crippen molar-refractivity contribution in [2.24, 2.45) is 5.84 Å². The molecule has 4 N–H and O–H groups in total. The van der Waals surface area contributed by atoms with Crippen molar-refractivity contribution < 1.29 is 5.11 Å². The number of aromatic nitrogens is 1. The molecule has 1 aromatic heterocycles. The highest BCUT2D eigenvalue weighted by molar-refractivity contribution is 5.35. The Morgan fingerprint density at radius 3 is 3.00 bits per heavy atom. The number of rotatable bonds is 5. The van der Waals surface area contributed by atoms with E-state index >= 15 is 0 Å². The van der Waals surface area contributed by atoms with Gasteiger partial charge in [-0.1, -0.05) is 0 Å². The van der Waals surface area contributed by atoms with Gasteiger partial charge in [0, 0.05) is 19.3 Å². The Morgan fingerprint density at radius 1 is 1.67 bits per heavy atom. The fourth-order valence-electron chi connectivity index (χ4n) is 1.48. The van der Waals surface area contributed by atoms with E-state index in [0.717, 1.165) is 12.1 Å². The summed E-state index contributed by atoms with van der Waals surface area (Å²) < 4.78 is 0. The molecule has 1 aromatic rings. The second-order valence-corrected chi connectivity index (χ2v) is 3.74. The molecule has 0 radical (unpaired) electrons. The summed E-state index contributed by atoms with van der Waals surface area (Å²) in [6.07, 6.45) is 1.39. The van der Waals surface area contributed by atoms with Crippen LogP contribution in [0.2, 0.25) is 0 Å². The zero-order valence-electron chi connectivity index (χ0n) is 9.14. The lowest BCUT2D eigenvalue weighted by molar-refractivity contribution is 0.138. The van der Waals surface area contributed by atoms with Gasteiger partial charge in [0.15, 0.2) is 0 Å². The summed E-state index contributed by atoms with van der Waals surface area (Å²) in [7, 11) is 1.96. The summed E-state index contributed by atoms with van der Waals surface area (Å²) in [5.41, 5.74) is 3.61. The summed E-state index contributed by atoms with van der Waals surface area (Å²) in [6, 6.07) is 3.82. The van der Waals surface area contributed by atoms with Crippen molar-refractivity contribution in [3.05, 3.63) is 23.9 Å². The summed E-state index contributed by atoms with van der Waals surface area (Å²) >= 11 is 0. The normalized spacial score (nSPS) is 12.9. The molecule has 1 atom stereocenters. The molecule has 0 aliphatic rings. The summed E-state index contributed by atoms with van der Waals surface area (Å²) in [5, 5.41) is 9.22. The molecule has 5 heteroatoms. The number of hydrazine groups is 1. The molecule has 0 amide bonds. The van der Waals surface area contributed by atoms with E-state index in [1.807, 2.05) is 24.1 Å². The molecule has 1 rings (SSSR count). The van der Waals surface area contributed by atoms with Gasteiger partial charge in [-0.3, -0.25) is 4.90 Å². The summed E-state index contributed by atoms with van der Waals surface area (Å²) in [4.78, 5) is 6.06. The third-order valence-electron chi connectivity index (χ3n) is 2.00. The molecule has 5 nitrogen and oxygen atoms in total. The largest absolute Gasteiger partial charge is 0.392 e. The predicted molar refractivity (Wildman–Crippen MR) is 60.1 cm³/mol. The van der Waals surface area contributed by atoms with E-state index in [4.69, 9.17) is 5.84 Å². The van der Waals surface area contributed by atoms with Crippen molar-refractivity contribution in [1.82, 2.24) is 9.88 Å². The van der Waals surface area contributed by atoms with Crippen molar-refractivity contribution in [3.63, 3.8) is 0 Å². The molecule has 0 aliphatic heterocycles. The Labute approximate surface area is 89.9 Å². The molecule has 0 bridgehead atoms. The zero-order valence-corrected chi connectivity index (χ0v) is 9.14. The van der Waals surface area contributed by atoms with Crippen LogP contribution < -0.4 is 11.3 Å². The van der Waals surface area contributed by atoms with Gasteiger partial charge in [0.1, 0.15) is 5.82 Å². The third kappa shape index (κ3) is 4.24. The summed E-state index contributed by atoms with van der Waals surface area (Å²) in [6.45, 7) is 3.19. The van der Waals surface area contributed by atoms with Crippen molar-refractivity contribution in [2.45, 2.75) is 19.6 Å². The number of hydrogen-bond acceptors (Lipinski definition) is 5. The van der Waals surface area contributed by atoms with E-state index in [0.29, 0.717) is 12.4 Å². The highest BCUT2D eigenvalue weighted by atomic mass is 16.3. The molecule has 15 heavy (non-hydrogen) atoms. The van der Waals surface area contributed by atoms with E-state index in [-0.39, 0.29) is 6.10 Å². The van der Waals surface area contributed by atoms with Crippen LogP contribution in [0.5, 0.6) is 0 Å². The smallest absolute Gasteiger partial charge is 0.140 e. The van der Waals surface area contributed by atoms with E-state index in [9.17, 15) is 5.11 Å². The maximum Gasteiger partial charge on any atom is 0.140 e. The number of nitrogen functional groups attached to an aromatic ring is 1. The lowest BCUT2D eigenvalue weighted by atomic mass is 10.2. The van der Waals surface area contributed by atoms with E-state index in [1.54, 1.807) is 13.1 Å². The van der Waals surface area contributed by atoms with Crippen molar-refractivity contribution in [1.29, 1.82) is 0 Å². The highest BCUT2D eigenvalue weighted by Crippen LogP contribution is 2.07. The van der Waals surface area contributed by atoms with Gasteiger partial charge in [-0.15, -0.1) is 0 Å². The Bertz CT molecular complexity index is 303.